The molecule has 0 unspecified atom stereocenters. The molecule has 6 heteroatoms. The van der Waals surface area contributed by atoms with Gasteiger partial charge in [-0.3, -0.25) is 4.99 Å². The zero-order valence-corrected chi connectivity index (χ0v) is 22.5. The molecule has 184 valence electrons. The van der Waals surface area contributed by atoms with Gasteiger partial charge in [0, 0.05) is 25.0 Å². The van der Waals surface area contributed by atoms with E-state index in [1.165, 1.54) is 16.5 Å². The van der Waals surface area contributed by atoms with Gasteiger partial charge in [-0.15, -0.1) is 0 Å². The van der Waals surface area contributed by atoms with Gasteiger partial charge in [0.05, 0.1) is 29.1 Å². The molecule has 1 aliphatic heterocycles. The van der Waals surface area contributed by atoms with E-state index < -0.39 is 0 Å². The predicted octanol–water partition coefficient (Wildman–Crippen LogP) is 7.01. The number of rotatable bonds is 8. The van der Waals surface area contributed by atoms with Crippen LogP contribution in [0, 0.1) is 3.57 Å². The average molecular weight is 592 g/mol. The molecule has 5 rings (SSSR count). The molecule has 0 amide bonds. The lowest BCUT2D eigenvalue weighted by Gasteiger charge is -2.28. The first-order valence-corrected chi connectivity index (χ1v) is 13.3. The molecule has 0 bridgehead atoms. The number of ether oxygens (including phenoxy) is 3. The van der Waals surface area contributed by atoms with E-state index in [2.05, 4.69) is 105 Å². The third kappa shape index (κ3) is 5.99. The Labute approximate surface area is 225 Å². The van der Waals surface area contributed by atoms with Crippen molar-refractivity contribution in [3.05, 3.63) is 93.6 Å². The summed E-state index contributed by atoms with van der Waals surface area (Å²) in [5, 5.41) is 2.44. The summed E-state index contributed by atoms with van der Waals surface area (Å²) in [6.07, 6.45) is 1.88. The van der Waals surface area contributed by atoms with E-state index >= 15 is 0 Å². The number of aliphatic imine (C=N–C) groups is 1. The molecule has 0 aliphatic carbocycles. The fourth-order valence-corrected chi connectivity index (χ4v) is 5.05. The Balaban J connectivity index is 1.30. The second-order valence-electron chi connectivity index (χ2n) is 8.61. The maximum Gasteiger partial charge on any atom is 0.175 e. The third-order valence-corrected chi connectivity index (χ3v) is 6.92. The zero-order chi connectivity index (χ0) is 24.7. The number of morpholine rings is 1. The van der Waals surface area contributed by atoms with Gasteiger partial charge in [-0.2, -0.15) is 0 Å². The molecule has 0 N–H and O–H groups in total. The van der Waals surface area contributed by atoms with E-state index in [4.69, 9.17) is 14.2 Å². The fraction of sp³-hybridized carbons (Fsp3) is 0.233. The van der Waals surface area contributed by atoms with Gasteiger partial charge >= 0.3 is 0 Å². The molecule has 4 aromatic rings. The molecule has 0 spiro atoms. The maximum atomic E-state index is 6.25. The Kier molecular flexibility index (Phi) is 8.03. The highest BCUT2D eigenvalue weighted by molar-refractivity contribution is 14.1. The molecule has 0 saturated carbocycles. The van der Waals surface area contributed by atoms with Crippen LogP contribution in [0.1, 0.15) is 18.1 Å². The lowest BCUT2D eigenvalue weighted by Crippen LogP contribution is -2.36. The van der Waals surface area contributed by atoms with E-state index in [9.17, 15) is 0 Å². The van der Waals surface area contributed by atoms with E-state index in [1.54, 1.807) is 0 Å². The Bertz CT molecular complexity index is 1350. The van der Waals surface area contributed by atoms with Crippen LogP contribution in [0.2, 0.25) is 0 Å². The molecular formula is C30H29IN2O3. The van der Waals surface area contributed by atoms with Crippen LogP contribution in [0.4, 0.5) is 11.4 Å². The van der Waals surface area contributed by atoms with E-state index in [0.29, 0.717) is 13.2 Å². The Morgan fingerprint density at radius 3 is 2.47 bits per heavy atom. The SMILES string of the molecule is CCOc1cc(C=Nc2ccc(N3CCOCC3)cc2)cc(I)c1OCc1ccc2ccccc2c1. The molecule has 1 heterocycles. The van der Waals surface area contributed by atoms with Crippen molar-refractivity contribution in [1.82, 2.24) is 0 Å². The standard InChI is InChI=1S/C30H29IN2O3/c1-2-35-29-19-23(20-32-26-9-11-27(12-10-26)33-13-15-34-16-14-33)18-28(31)30(29)36-21-22-7-8-24-5-3-4-6-25(24)17-22/h3-12,17-20H,2,13-16,21H2,1H3. The second kappa shape index (κ2) is 11.8. The summed E-state index contributed by atoms with van der Waals surface area (Å²) >= 11 is 2.31. The van der Waals surface area contributed by atoms with Crippen molar-refractivity contribution in [3.63, 3.8) is 0 Å². The molecule has 4 aromatic carbocycles. The summed E-state index contributed by atoms with van der Waals surface area (Å²) in [5.41, 5.74) is 4.21. The Hall–Kier alpha value is -3.10. The first-order chi connectivity index (χ1) is 17.7. The van der Waals surface area contributed by atoms with Crippen LogP contribution < -0.4 is 14.4 Å². The quantitative estimate of drug-likeness (QED) is 0.163. The summed E-state index contributed by atoms with van der Waals surface area (Å²) in [7, 11) is 0. The van der Waals surface area contributed by atoms with E-state index in [0.717, 1.165) is 58.2 Å². The average Bonchev–Trinajstić information content (AvgIpc) is 2.92. The summed E-state index contributed by atoms with van der Waals surface area (Å²) in [6, 6.07) is 27.2. The van der Waals surface area contributed by atoms with Gasteiger partial charge in [0.1, 0.15) is 6.61 Å². The number of hydrogen-bond donors (Lipinski definition) is 0. The smallest absolute Gasteiger partial charge is 0.175 e. The number of nitrogens with zero attached hydrogens (tertiary/aromatic N) is 2. The first-order valence-electron chi connectivity index (χ1n) is 12.2. The predicted molar refractivity (Wildman–Crippen MR) is 155 cm³/mol. The van der Waals surface area contributed by atoms with Crippen LogP contribution in [0.25, 0.3) is 10.8 Å². The van der Waals surface area contributed by atoms with Gasteiger partial charge in [0.2, 0.25) is 0 Å². The molecule has 0 aromatic heterocycles. The van der Waals surface area contributed by atoms with E-state index in [-0.39, 0.29) is 0 Å². The molecule has 1 aliphatic rings. The minimum atomic E-state index is 0.476. The van der Waals surface area contributed by atoms with Gasteiger partial charge in [-0.1, -0.05) is 36.4 Å². The van der Waals surface area contributed by atoms with E-state index in [1.807, 2.05) is 19.2 Å². The highest BCUT2D eigenvalue weighted by atomic mass is 127. The molecule has 0 radical (unpaired) electrons. The van der Waals surface area contributed by atoms with Crippen LogP contribution >= 0.6 is 22.6 Å². The largest absolute Gasteiger partial charge is 0.490 e. The first kappa shape index (κ1) is 24.6. The fourth-order valence-electron chi connectivity index (χ4n) is 4.27. The lowest BCUT2D eigenvalue weighted by molar-refractivity contribution is 0.122. The van der Waals surface area contributed by atoms with Crippen molar-refractivity contribution in [2.45, 2.75) is 13.5 Å². The van der Waals surface area contributed by atoms with Crippen molar-refractivity contribution in [2.24, 2.45) is 4.99 Å². The molecule has 36 heavy (non-hydrogen) atoms. The topological polar surface area (TPSA) is 43.3 Å². The molecule has 0 atom stereocenters. The normalized spacial score (nSPS) is 13.9. The number of hydrogen-bond acceptors (Lipinski definition) is 5. The molecule has 1 fully saturated rings. The second-order valence-corrected chi connectivity index (χ2v) is 9.77. The van der Waals surface area contributed by atoms with Crippen molar-refractivity contribution in [1.29, 1.82) is 0 Å². The Morgan fingerprint density at radius 2 is 1.69 bits per heavy atom. The van der Waals surface area contributed by atoms with Crippen molar-refractivity contribution in [2.75, 3.05) is 37.8 Å². The number of benzene rings is 4. The number of anilines is 1. The van der Waals surface area contributed by atoms with Gasteiger partial charge in [-0.25, -0.2) is 0 Å². The minimum Gasteiger partial charge on any atom is -0.490 e. The van der Waals surface area contributed by atoms with Gasteiger partial charge in [-0.05, 0) is 93.9 Å². The van der Waals surface area contributed by atoms with Gasteiger partial charge < -0.3 is 19.1 Å². The summed E-state index contributed by atoms with van der Waals surface area (Å²) in [5.74, 6) is 1.49. The summed E-state index contributed by atoms with van der Waals surface area (Å²) in [6.45, 7) is 6.44. The monoisotopic (exact) mass is 592 g/mol. The van der Waals surface area contributed by atoms with Crippen LogP contribution in [-0.4, -0.2) is 39.1 Å². The van der Waals surface area contributed by atoms with Gasteiger partial charge in [0.25, 0.3) is 0 Å². The maximum absolute atomic E-state index is 6.25. The Morgan fingerprint density at radius 1 is 0.917 bits per heavy atom. The highest BCUT2D eigenvalue weighted by Crippen LogP contribution is 2.35. The van der Waals surface area contributed by atoms with Gasteiger partial charge in [0.15, 0.2) is 11.5 Å². The summed E-state index contributed by atoms with van der Waals surface area (Å²) < 4.78 is 18.6. The zero-order valence-electron chi connectivity index (χ0n) is 20.3. The van der Waals surface area contributed by atoms with Crippen LogP contribution in [0.15, 0.2) is 83.9 Å². The number of fused-ring (bicyclic) bond motifs is 1. The van der Waals surface area contributed by atoms with Crippen molar-refractivity contribution in [3.8, 4) is 11.5 Å². The third-order valence-electron chi connectivity index (χ3n) is 6.12. The molecular weight excluding hydrogens is 563 g/mol. The van der Waals surface area contributed by atoms with Crippen LogP contribution in [0.5, 0.6) is 11.5 Å². The molecule has 5 nitrogen and oxygen atoms in total. The van der Waals surface area contributed by atoms with Crippen LogP contribution in [-0.2, 0) is 11.3 Å². The van der Waals surface area contributed by atoms with Crippen LogP contribution in [0.3, 0.4) is 0 Å². The summed E-state index contributed by atoms with van der Waals surface area (Å²) in [4.78, 5) is 7.03. The number of halogens is 1. The lowest BCUT2D eigenvalue weighted by atomic mass is 10.1. The van der Waals surface area contributed by atoms with Crippen molar-refractivity contribution >= 4 is 51.0 Å². The minimum absolute atomic E-state index is 0.476. The van der Waals surface area contributed by atoms with Crippen molar-refractivity contribution < 1.29 is 14.2 Å². The molecule has 1 saturated heterocycles. The highest BCUT2D eigenvalue weighted by Gasteiger charge is 2.13.